The lowest BCUT2D eigenvalue weighted by Crippen LogP contribution is -2.19. The maximum absolute atomic E-state index is 11.9. The van der Waals surface area contributed by atoms with Crippen molar-refractivity contribution in [3.63, 3.8) is 0 Å². The summed E-state index contributed by atoms with van der Waals surface area (Å²) >= 11 is 6.02. The van der Waals surface area contributed by atoms with Crippen LogP contribution in [-0.2, 0) is 0 Å². The average molecular weight is 321 g/mol. The van der Waals surface area contributed by atoms with Crippen LogP contribution in [0.1, 0.15) is 19.4 Å². The molecule has 2 N–H and O–H groups in total. The van der Waals surface area contributed by atoms with Crippen LogP contribution in [-0.4, -0.2) is 13.1 Å². The fourth-order valence-corrected chi connectivity index (χ4v) is 1.89. The van der Waals surface area contributed by atoms with Crippen molar-refractivity contribution in [1.82, 2.24) is 0 Å². The molecule has 0 spiro atoms. The molecule has 0 saturated heterocycles. The number of urea groups is 1. The molecule has 2 amide bonds. The molecule has 22 heavy (non-hydrogen) atoms. The minimum atomic E-state index is -0.337. The number of nitrogens with one attached hydrogen (secondary N) is 2. The number of benzene rings is 2. The van der Waals surface area contributed by atoms with Gasteiger partial charge in [-0.25, -0.2) is 4.79 Å². The van der Waals surface area contributed by atoms with Crippen LogP contribution in [0.3, 0.4) is 0 Å². The Balaban J connectivity index is 0.00000116. The van der Waals surface area contributed by atoms with Gasteiger partial charge in [0.05, 0.1) is 12.8 Å². The highest BCUT2D eigenvalue weighted by Crippen LogP contribution is 2.30. The molecule has 4 nitrogen and oxygen atoms in total. The van der Waals surface area contributed by atoms with E-state index in [1.165, 1.54) is 7.11 Å². The van der Waals surface area contributed by atoms with E-state index in [-0.39, 0.29) is 6.03 Å². The van der Waals surface area contributed by atoms with Crippen molar-refractivity contribution < 1.29 is 9.53 Å². The molecule has 0 radical (unpaired) electrons. The quantitative estimate of drug-likeness (QED) is 0.803. The number of amides is 2. The van der Waals surface area contributed by atoms with Crippen molar-refractivity contribution in [3.8, 4) is 5.75 Å². The molecule has 118 valence electrons. The number of carbonyl (C=O) groups excluding carboxylic acids is 1. The number of para-hydroxylation sites is 1. The van der Waals surface area contributed by atoms with Gasteiger partial charge in [0.15, 0.2) is 0 Å². The smallest absolute Gasteiger partial charge is 0.323 e. The zero-order valence-corrected chi connectivity index (χ0v) is 14.0. The van der Waals surface area contributed by atoms with Crippen LogP contribution >= 0.6 is 11.6 Å². The summed E-state index contributed by atoms with van der Waals surface area (Å²) in [7, 11) is 1.53. The number of hydrogen-bond donors (Lipinski definition) is 2. The van der Waals surface area contributed by atoms with E-state index in [9.17, 15) is 4.79 Å². The van der Waals surface area contributed by atoms with Crippen molar-refractivity contribution >= 4 is 29.0 Å². The van der Waals surface area contributed by atoms with Gasteiger partial charge in [-0.3, -0.25) is 0 Å². The first kappa shape index (κ1) is 17.9. The number of methoxy groups -OCH3 is 1. The van der Waals surface area contributed by atoms with Gasteiger partial charge in [0.25, 0.3) is 0 Å². The second kappa shape index (κ2) is 8.95. The molecule has 0 aliphatic heterocycles. The van der Waals surface area contributed by atoms with Crippen LogP contribution in [0.25, 0.3) is 0 Å². The number of anilines is 2. The molecule has 2 aromatic carbocycles. The van der Waals surface area contributed by atoms with Crippen molar-refractivity contribution in [2.75, 3.05) is 17.7 Å². The Labute approximate surface area is 136 Å². The van der Waals surface area contributed by atoms with E-state index < -0.39 is 0 Å². The predicted molar refractivity (Wildman–Crippen MR) is 93.2 cm³/mol. The number of carbonyl (C=O) groups is 1. The molecular weight excluding hydrogens is 300 g/mol. The summed E-state index contributed by atoms with van der Waals surface area (Å²) in [5.74, 6) is 0.517. The fourth-order valence-electron chi connectivity index (χ4n) is 1.74. The summed E-state index contributed by atoms with van der Waals surface area (Å²) in [4.78, 5) is 11.9. The van der Waals surface area contributed by atoms with Gasteiger partial charge in [-0.1, -0.05) is 43.6 Å². The van der Waals surface area contributed by atoms with Crippen molar-refractivity contribution in [2.45, 2.75) is 20.8 Å². The third-order valence-electron chi connectivity index (χ3n) is 2.76. The van der Waals surface area contributed by atoms with Gasteiger partial charge < -0.3 is 15.4 Å². The van der Waals surface area contributed by atoms with E-state index in [0.717, 1.165) is 11.3 Å². The Morgan fingerprint density at radius 3 is 2.32 bits per heavy atom. The average Bonchev–Trinajstić information content (AvgIpc) is 2.53. The van der Waals surface area contributed by atoms with Crippen LogP contribution in [0.5, 0.6) is 5.75 Å². The number of ether oxygens (including phenoxy) is 1. The summed E-state index contributed by atoms with van der Waals surface area (Å²) in [6.07, 6.45) is 0. The fraction of sp³-hybridized carbons (Fsp3) is 0.235. The lowest BCUT2D eigenvalue weighted by Gasteiger charge is -2.13. The Bertz CT molecular complexity index is 616. The molecule has 0 unspecified atom stereocenters. The molecule has 0 fully saturated rings. The number of rotatable bonds is 3. The van der Waals surface area contributed by atoms with E-state index in [0.29, 0.717) is 16.5 Å². The monoisotopic (exact) mass is 320 g/mol. The molecule has 2 aromatic rings. The van der Waals surface area contributed by atoms with Crippen LogP contribution in [0.15, 0.2) is 42.5 Å². The summed E-state index contributed by atoms with van der Waals surface area (Å²) in [5.41, 5.74) is 2.15. The van der Waals surface area contributed by atoms with E-state index in [1.54, 1.807) is 12.1 Å². The molecule has 0 heterocycles. The first-order valence-electron chi connectivity index (χ1n) is 7.07. The summed E-state index contributed by atoms with van der Waals surface area (Å²) in [6.45, 7) is 5.86. The Morgan fingerprint density at radius 1 is 1.09 bits per heavy atom. The molecular formula is C17H21ClN2O2. The molecule has 0 aliphatic rings. The summed E-state index contributed by atoms with van der Waals surface area (Å²) in [5, 5.41) is 6.07. The lowest BCUT2D eigenvalue weighted by molar-refractivity contribution is 0.262. The van der Waals surface area contributed by atoms with Crippen molar-refractivity contribution in [2.24, 2.45) is 0 Å². The maximum atomic E-state index is 11.9. The maximum Gasteiger partial charge on any atom is 0.323 e. The van der Waals surface area contributed by atoms with E-state index in [2.05, 4.69) is 10.6 Å². The normalized spacial score (nSPS) is 9.32. The zero-order valence-electron chi connectivity index (χ0n) is 13.2. The van der Waals surface area contributed by atoms with Crippen molar-refractivity contribution in [3.05, 3.63) is 53.1 Å². The minimum absolute atomic E-state index is 0.337. The third-order valence-corrected chi connectivity index (χ3v) is 3.17. The lowest BCUT2D eigenvalue weighted by atomic mass is 10.2. The Hall–Kier alpha value is -2.20. The van der Waals surface area contributed by atoms with Gasteiger partial charge in [0.2, 0.25) is 0 Å². The van der Waals surface area contributed by atoms with Crippen molar-refractivity contribution in [1.29, 1.82) is 0 Å². The molecule has 0 atom stereocenters. The topological polar surface area (TPSA) is 50.4 Å². The number of halogens is 1. The SMILES string of the molecule is CC.COc1cc(Cl)c(C)cc1NC(=O)Nc1ccccc1. The predicted octanol–water partition coefficient (Wildman–Crippen LogP) is 5.33. The zero-order chi connectivity index (χ0) is 16.5. The summed E-state index contributed by atoms with van der Waals surface area (Å²) < 4.78 is 5.21. The standard InChI is InChI=1S/C15H15ClN2O2.C2H6/c1-10-8-13(14(20-2)9-12(10)16)18-15(19)17-11-6-4-3-5-7-11;1-2/h3-9H,1-2H3,(H2,17,18,19);1-2H3. The van der Waals surface area contributed by atoms with Gasteiger partial charge in [0.1, 0.15) is 5.75 Å². The molecule has 0 aromatic heterocycles. The van der Waals surface area contributed by atoms with E-state index in [4.69, 9.17) is 16.3 Å². The highest BCUT2D eigenvalue weighted by Gasteiger charge is 2.10. The highest BCUT2D eigenvalue weighted by molar-refractivity contribution is 6.31. The first-order valence-corrected chi connectivity index (χ1v) is 7.45. The highest BCUT2D eigenvalue weighted by atomic mass is 35.5. The van der Waals surface area contributed by atoms with Gasteiger partial charge in [0, 0.05) is 16.8 Å². The van der Waals surface area contributed by atoms with Gasteiger partial charge >= 0.3 is 6.03 Å². The second-order valence-electron chi connectivity index (χ2n) is 4.25. The molecule has 0 saturated carbocycles. The molecule has 2 rings (SSSR count). The second-order valence-corrected chi connectivity index (χ2v) is 4.65. The summed E-state index contributed by atoms with van der Waals surface area (Å²) in [6, 6.07) is 12.3. The van der Waals surface area contributed by atoms with Crippen LogP contribution < -0.4 is 15.4 Å². The van der Waals surface area contributed by atoms with Crippen LogP contribution in [0.2, 0.25) is 5.02 Å². The van der Waals surface area contributed by atoms with Crippen LogP contribution in [0, 0.1) is 6.92 Å². The molecule has 0 aliphatic carbocycles. The van der Waals surface area contributed by atoms with Crippen LogP contribution in [0.4, 0.5) is 16.2 Å². The Morgan fingerprint density at radius 2 is 1.73 bits per heavy atom. The molecule has 5 heteroatoms. The van der Waals surface area contributed by atoms with E-state index in [1.807, 2.05) is 51.1 Å². The first-order chi connectivity index (χ1) is 10.6. The number of hydrogen-bond acceptors (Lipinski definition) is 2. The largest absolute Gasteiger partial charge is 0.495 e. The van der Waals surface area contributed by atoms with Gasteiger partial charge in [-0.2, -0.15) is 0 Å². The molecule has 0 bridgehead atoms. The van der Waals surface area contributed by atoms with Gasteiger partial charge in [-0.15, -0.1) is 0 Å². The van der Waals surface area contributed by atoms with Gasteiger partial charge in [-0.05, 0) is 30.7 Å². The minimum Gasteiger partial charge on any atom is -0.495 e. The number of aryl methyl sites for hydroxylation is 1. The van der Waals surface area contributed by atoms with E-state index >= 15 is 0 Å². The Kier molecular flexibility index (Phi) is 7.26. The third kappa shape index (κ3) is 4.97.